The SMILES string of the molecule is CC(Cc1ccc(Br)cc1)NC(=O)C1CCCN(C)C1=O. The summed E-state index contributed by atoms with van der Waals surface area (Å²) in [4.78, 5) is 25.9. The molecule has 1 aliphatic heterocycles. The lowest BCUT2D eigenvalue weighted by Crippen LogP contribution is -2.48. The number of nitrogens with zero attached hydrogens (tertiary/aromatic N) is 1. The van der Waals surface area contributed by atoms with E-state index in [-0.39, 0.29) is 17.9 Å². The van der Waals surface area contributed by atoms with Crippen molar-refractivity contribution in [3.05, 3.63) is 34.3 Å². The van der Waals surface area contributed by atoms with E-state index in [0.29, 0.717) is 6.42 Å². The third kappa shape index (κ3) is 4.30. The second-order valence-corrected chi connectivity index (χ2v) is 6.61. The quantitative estimate of drug-likeness (QED) is 0.845. The second-order valence-electron chi connectivity index (χ2n) is 5.69. The molecule has 1 heterocycles. The summed E-state index contributed by atoms with van der Waals surface area (Å²) in [7, 11) is 1.76. The molecule has 1 N–H and O–H groups in total. The lowest BCUT2D eigenvalue weighted by Gasteiger charge is -2.29. The summed E-state index contributed by atoms with van der Waals surface area (Å²) in [5.41, 5.74) is 1.16. The summed E-state index contributed by atoms with van der Waals surface area (Å²) in [5.74, 6) is -0.720. The number of amides is 2. The number of hydrogen-bond donors (Lipinski definition) is 1. The van der Waals surface area contributed by atoms with E-state index in [9.17, 15) is 9.59 Å². The van der Waals surface area contributed by atoms with Crippen molar-refractivity contribution in [2.24, 2.45) is 5.92 Å². The Balaban J connectivity index is 1.89. The molecule has 0 spiro atoms. The second kappa shape index (κ2) is 7.07. The Morgan fingerprint density at radius 3 is 2.76 bits per heavy atom. The fourth-order valence-electron chi connectivity index (χ4n) is 2.64. The van der Waals surface area contributed by atoms with Gasteiger partial charge in [0.1, 0.15) is 5.92 Å². The van der Waals surface area contributed by atoms with E-state index >= 15 is 0 Å². The molecule has 0 saturated carbocycles. The predicted octanol–water partition coefficient (Wildman–Crippen LogP) is 2.36. The lowest BCUT2D eigenvalue weighted by molar-refractivity contribution is -0.144. The molecule has 0 radical (unpaired) electrons. The fraction of sp³-hybridized carbons (Fsp3) is 0.500. The Labute approximate surface area is 134 Å². The summed E-state index contributed by atoms with van der Waals surface area (Å²) in [6.07, 6.45) is 2.30. The average molecular weight is 353 g/mol. The minimum Gasteiger partial charge on any atom is -0.353 e. The molecule has 114 valence electrons. The molecule has 4 nitrogen and oxygen atoms in total. The minimum absolute atomic E-state index is 0.0127. The summed E-state index contributed by atoms with van der Waals surface area (Å²) in [6.45, 7) is 2.72. The third-order valence-electron chi connectivity index (χ3n) is 3.82. The molecule has 1 aliphatic rings. The Bertz CT molecular complexity index is 516. The molecular formula is C16H21BrN2O2. The van der Waals surface area contributed by atoms with Gasteiger partial charge in [-0.05, 0) is 43.9 Å². The van der Waals surface area contributed by atoms with Crippen LogP contribution >= 0.6 is 15.9 Å². The van der Waals surface area contributed by atoms with Gasteiger partial charge in [0.2, 0.25) is 11.8 Å². The number of halogens is 1. The van der Waals surface area contributed by atoms with E-state index in [0.717, 1.165) is 29.4 Å². The number of benzene rings is 1. The van der Waals surface area contributed by atoms with Crippen molar-refractivity contribution >= 4 is 27.7 Å². The highest BCUT2D eigenvalue weighted by Crippen LogP contribution is 2.17. The fourth-order valence-corrected chi connectivity index (χ4v) is 2.91. The molecule has 2 unspecified atom stereocenters. The zero-order valence-corrected chi connectivity index (χ0v) is 14.0. The molecule has 2 atom stereocenters. The molecule has 0 aliphatic carbocycles. The number of hydrogen-bond acceptors (Lipinski definition) is 2. The Kier molecular flexibility index (Phi) is 5.39. The first kappa shape index (κ1) is 16.0. The van der Waals surface area contributed by atoms with Crippen LogP contribution in [0, 0.1) is 5.92 Å². The van der Waals surface area contributed by atoms with Crippen LogP contribution < -0.4 is 5.32 Å². The van der Waals surface area contributed by atoms with Crippen molar-refractivity contribution < 1.29 is 9.59 Å². The van der Waals surface area contributed by atoms with Crippen LogP contribution in [0.5, 0.6) is 0 Å². The van der Waals surface area contributed by atoms with Crippen LogP contribution in [0.15, 0.2) is 28.7 Å². The maximum atomic E-state index is 12.2. The van der Waals surface area contributed by atoms with E-state index in [1.165, 1.54) is 0 Å². The number of carbonyl (C=O) groups is 2. The third-order valence-corrected chi connectivity index (χ3v) is 4.35. The van der Waals surface area contributed by atoms with Crippen LogP contribution in [0.1, 0.15) is 25.3 Å². The van der Waals surface area contributed by atoms with Gasteiger partial charge in [-0.2, -0.15) is 0 Å². The first-order valence-corrected chi connectivity index (χ1v) is 8.06. The van der Waals surface area contributed by atoms with Crippen molar-refractivity contribution in [3.63, 3.8) is 0 Å². The van der Waals surface area contributed by atoms with Gasteiger partial charge in [-0.3, -0.25) is 9.59 Å². The van der Waals surface area contributed by atoms with E-state index in [2.05, 4.69) is 21.2 Å². The van der Waals surface area contributed by atoms with Crippen LogP contribution in [0.3, 0.4) is 0 Å². The van der Waals surface area contributed by atoms with Crippen LogP contribution in [-0.4, -0.2) is 36.3 Å². The predicted molar refractivity (Wildman–Crippen MR) is 85.8 cm³/mol. The standard InChI is InChI=1S/C16H21BrN2O2/c1-11(10-12-5-7-13(17)8-6-12)18-15(20)14-4-3-9-19(2)16(14)21/h5-8,11,14H,3-4,9-10H2,1-2H3,(H,18,20). The molecule has 5 heteroatoms. The van der Waals surface area contributed by atoms with Crippen molar-refractivity contribution in [2.45, 2.75) is 32.2 Å². The monoisotopic (exact) mass is 352 g/mol. The number of carbonyl (C=O) groups excluding carboxylic acids is 2. The minimum atomic E-state index is -0.517. The van der Waals surface area contributed by atoms with Gasteiger partial charge < -0.3 is 10.2 Å². The highest BCUT2D eigenvalue weighted by atomic mass is 79.9. The first-order chi connectivity index (χ1) is 9.97. The summed E-state index contributed by atoms with van der Waals surface area (Å²) in [5, 5.41) is 2.97. The number of piperidine rings is 1. The summed E-state index contributed by atoms with van der Waals surface area (Å²) in [6, 6.07) is 8.06. The van der Waals surface area contributed by atoms with E-state index in [1.54, 1.807) is 11.9 Å². The van der Waals surface area contributed by atoms with E-state index < -0.39 is 5.92 Å². The van der Waals surface area contributed by atoms with Gasteiger partial charge in [0.05, 0.1) is 0 Å². The van der Waals surface area contributed by atoms with Gasteiger partial charge in [0, 0.05) is 24.1 Å². The van der Waals surface area contributed by atoms with Gasteiger partial charge in [-0.15, -0.1) is 0 Å². The van der Waals surface area contributed by atoms with Gasteiger partial charge in [-0.25, -0.2) is 0 Å². The topological polar surface area (TPSA) is 49.4 Å². The Hall–Kier alpha value is -1.36. The van der Waals surface area contributed by atoms with Gasteiger partial charge in [-0.1, -0.05) is 28.1 Å². The van der Waals surface area contributed by atoms with Crippen molar-refractivity contribution in [3.8, 4) is 0 Å². The molecule has 1 fully saturated rings. The van der Waals surface area contributed by atoms with Crippen molar-refractivity contribution in [1.82, 2.24) is 10.2 Å². The maximum absolute atomic E-state index is 12.2. The molecule has 2 amide bonds. The van der Waals surface area contributed by atoms with Crippen LogP contribution in [-0.2, 0) is 16.0 Å². The normalized spacial score (nSPS) is 20.2. The molecule has 1 aromatic carbocycles. The van der Waals surface area contributed by atoms with E-state index in [1.807, 2.05) is 31.2 Å². The largest absolute Gasteiger partial charge is 0.353 e. The number of likely N-dealkylation sites (tertiary alicyclic amines) is 1. The van der Waals surface area contributed by atoms with Crippen molar-refractivity contribution in [1.29, 1.82) is 0 Å². The number of rotatable bonds is 4. The van der Waals surface area contributed by atoms with Crippen molar-refractivity contribution in [2.75, 3.05) is 13.6 Å². The molecule has 21 heavy (non-hydrogen) atoms. The first-order valence-electron chi connectivity index (χ1n) is 7.27. The smallest absolute Gasteiger partial charge is 0.234 e. The van der Waals surface area contributed by atoms with Crippen LogP contribution in [0.4, 0.5) is 0 Å². The lowest BCUT2D eigenvalue weighted by atomic mass is 9.96. The Morgan fingerprint density at radius 2 is 2.10 bits per heavy atom. The molecule has 0 aromatic heterocycles. The van der Waals surface area contributed by atoms with E-state index in [4.69, 9.17) is 0 Å². The molecule has 1 saturated heterocycles. The molecular weight excluding hydrogens is 332 g/mol. The number of nitrogens with one attached hydrogen (secondary N) is 1. The summed E-state index contributed by atoms with van der Waals surface area (Å²) >= 11 is 3.40. The van der Waals surface area contributed by atoms with Gasteiger partial charge >= 0.3 is 0 Å². The molecule has 2 rings (SSSR count). The van der Waals surface area contributed by atoms with Gasteiger partial charge in [0.15, 0.2) is 0 Å². The zero-order valence-electron chi connectivity index (χ0n) is 12.4. The zero-order chi connectivity index (χ0) is 15.4. The highest BCUT2D eigenvalue weighted by molar-refractivity contribution is 9.10. The molecule has 1 aromatic rings. The molecule has 0 bridgehead atoms. The van der Waals surface area contributed by atoms with Crippen LogP contribution in [0.2, 0.25) is 0 Å². The van der Waals surface area contributed by atoms with Crippen LogP contribution in [0.25, 0.3) is 0 Å². The summed E-state index contributed by atoms with van der Waals surface area (Å²) < 4.78 is 1.04. The van der Waals surface area contributed by atoms with Gasteiger partial charge in [0.25, 0.3) is 0 Å². The maximum Gasteiger partial charge on any atom is 0.234 e. The average Bonchev–Trinajstić information content (AvgIpc) is 2.44. The highest BCUT2D eigenvalue weighted by Gasteiger charge is 2.32. The Morgan fingerprint density at radius 1 is 1.43 bits per heavy atom.